The van der Waals surface area contributed by atoms with Crippen LogP contribution in [0.15, 0.2) is 42.6 Å². The third kappa shape index (κ3) is 3.27. The van der Waals surface area contributed by atoms with E-state index in [-0.39, 0.29) is 23.9 Å². The summed E-state index contributed by atoms with van der Waals surface area (Å²) in [4.78, 5) is 33.5. The quantitative estimate of drug-likeness (QED) is 0.906. The van der Waals surface area contributed by atoms with E-state index in [1.165, 1.54) is 5.56 Å². The van der Waals surface area contributed by atoms with Crippen molar-refractivity contribution in [2.24, 2.45) is 0 Å². The first-order valence-electron chi connectivity index (χ1n) is 9.45. The monoisotopic (exact) mass is 364 g/mol. The number of nitrogens with one attached hydrogen (secondary N) is 1. The first kappa shape index (κ1) is 17.5. The van der Waals surface area contributed by atoms with Crippen LogP contribution in [-0.2, 0) is 11.2 Å². The molecular weight excluding hydrogens is 340 g/mol. The molecule has 1 fully saturated rings. The smallest absolute Gasteiger partial charge is 0.262 e. The van der Waals surface area contributed by atoms with Crippen LogP contribution < -0.4 is 10.2 Å². The summed E-state index contributed by atoms with van der Waals surface area (Å²) in [6.45, 7) is 5.34. The molecule has 1 unspecified atom stereocenters. The van der Waals surface area contributed by atoms with Crippen LogP contribution in [0.25, 0.3) is 0 Å². The van der Waals surface area contributed by atoms with Gasteiger partial charge in [-0.2, -0.15) is 0 Å². The van der Waals surface area contributed by atoms with E-state index < -0.39 is 0 Å². The predicted octanol–water partition coefficient (Wildman–Crippen LogP) is 2.71. The summed E-state index contributed by atoms with van der Waals surface area (Å²) in [6.07, 6.45) is 2.97. The second-order valence-corrected chi connectivity index (χ2v) is 7.42. The van der Waals surface area contributed by atoms with Crippen LogP contribution in [0, 0.1) is 0 Å². The Morgan fingerprint density at radius 1 is 1.22 bits per heavy atom. The molecule has 1 N–H and O–H groups in total. The summed E-state index contributed by atoms with van der Waals surface area (Å²) in [7, 11) is 0. The molecule has 27 heavy (non-hydrogen) atoms. The van der Waals surface area contributed by atoms with E-state index in [9.17, 15) is 9.59 Å². The highest BCUT2D eigenvalue weighted by molar-refractivity contribution is 6.10. The van der Waals surface area contributed by atoms with Crippen molar-refractivity contribution < 1.29 is 9.59 Å². The minimum Gasteiger partial charge on any atom is -0.364 e. The van der Waals surface area contributed by atoms with E-state index in [0.717, 1.165) is 12.1 Å². The SMILES string of the molecule is CC(C)N1CC(Nc2ncccc2C(=O)N2CCc3ccccc32)CC1=O. The zero-order chi connectivity index (χ0) is 19.0. The highest BCUT2D eigenvalue weighted by Gasteiger charge is 2.33. The van der Waals surface area contributed by atoms with Crippen molar-refractivity contribution in [1.29, 1.82) is 0 Å². The minimum atomic E-state index is -0.0550. The number of hydrogen-bond acceptors (Lipinski definition) is 4. The minimum absolute atomic E-state index is 0.0350. The molecule has 1 aromatic heterocycles. The van der Waals surface area contributed by atoms with E-state index >= 15 is 0 Å². The van der Waals surface area contributed by atoms with Crippen LogP contribution in [0.3, 0.4) is 0 Å². The lowest BCUT2D eigenvalue weighted by atomic mass is 10.1. The molecule has 0 spiro atoms. The fourth-order valence-corrected chi connectivity index (χ4v) is 3.91. The van der Waals surface area contributed by atoms with E-state index in [1.54, 1.807) is 18.3 Å². The molecule has 3 heterocycles. The van der Waals surface area contributed by atoms with Crippen molar-refractivity contribution in [1.82, 2.24) is 9.88 Å². The molecule has 1 aromatic carbocycles. The van der Waals surface area contributed by atoms with Crippen LogP contribution in [0.5, 0.6) is 0 Å². The summed E-state index contributed by atoms with van der Waals surface area (Å²) in [5.41, 5.74) is 2.71. The Bertz CT molecular complexity index is 880. The molecule has 0 bridgehead atoms. The van der Waals surface area contributed by atoms with Gasteiger partial charge in [0, 0.05) is 37.4 Å². The number of fused-ring (bicyclic) bond motifs is 1. The molecule has 140 valence electrons. The van der Waals surface area contributed by atoms with Gasteiger partial charge in [0.25, 0.3) is 5.91 Å². The third-order valence-corrected chi connectivity index (χ3v) is 5.29. The fraction of sp³-hybridized carbons (Fsp3) is 0.381. The Balaban J connectivity index is 1.56. The standard InChI is InChI=1S/C21H24N4O2/c1-14(2)25-13-16(12-19(25)26)23-20-17(7-5-10-22-20)21(27)24-11-9-15-6-3-4-8-18(15)24/h3-8,10,14,16H,9,11-13H2,1-2H3,(H,22,23). The van der Waals surface area contributed by atoms with E-state index in [4.69, 9.17) is 0 Å². The number of hydrogen-bond donors (Lipinski definition) is 1. The molecule has 1 saturated heterocycles. The number of carbonyl (C=O) groups is 2. The average Bonchev–Trinajstić information content (AvgIpc) is 3.25. The molecule has 0 saturated carbocycles. The molecule has 2 aliphatic heterocycles. The molecule has 0 radical (unpaired) electrons. The highest BCUT2D eigenvalue weighted by Crippen LogP contribution is 2.30. The number of aromatic nitrogens is 1. The first-order valence-corrected chi connectivity index (χ1v) is 9.45. The van der Waals surface area contributed by atoms with Crippen molar-refractivity contribution >= 4 is 23.3 Å². The fourth-order valence-electron chi connectivity index (χ4n) is 3.91. The Hall–Kier alpha value is -2.89. The number of benzene rings is 1. The number of rotatable bonds is 4. The van der Waals surface area contributed by atoms with Crippen molar-refractivity contribution in [2.45, 2.75) is 38.8 Å². The van der Waals surface area contributed by atoms with Gasteiger partial charge in [-0.15, -0.1) is 0 Å². The number of likely N-dealkylation sites (tertiary alicyclic amines) is 1. The van der Waals surface area contributed by atoms with Gasteiger partial charge in [0.2, 0.25) is 5.91 Å². The van der Waals surface area contributed by atoms with Crippen LogP contribution in [0.1, 0.15) is 36.2 Å². The summed E-state index contributed by atoms with van der Waals surface area (Å²) in [5.74, 6) is 0.635. The van der Waals surface area contributed by atoms with Crippen molar-refractivity contribution in [3.8, 4) is 0 Å². The molecule has 6 nitrogen and oxygen atoms in total. The van der Waals surface area contributed by atoms with Crippen LogP contribution in [0.2, 0.25) is 0 Å². The van der Waals surface area contributed by atoms with Crippen LogP contribution in [0.4, 0.5) is 11.5 Å². The van der Waals surface area contributed by atoms with Gasteiger partial charge < -0.3 is 15.1 Å². The largest absolute Gasteiger partial charge is 0.364 e. The Morgan fingerprint density at radius 3 is 2.81 bits per heavy atom. The van der Waals surface area contributed by atoms with Gasteiger partial charge in [0.05, 0.1) is 11.6 Å². The topological polar surface area (TPSA) is 65.5 Å². The molecule has 6 heteroatoms. The van der Waals surface area contributed by atoms with Gasteiger partial charge in [-0.1, -0.05) is 18.2 Å². The lowest BCUT2D eigenvalue weighted by Gasteiger charge is -2.22. The maximum atomic E-state index is 13.2. The van der Waals surface area contributed by atoms with Gasteiger partial charge in [-0.25, -0.2) is 4.98 Å². The zero-order valence-electron chi connectivity index (χ0n) is 15.7. The maximum absolute atomic E-state index is 13.2. The Labute approximate surface area is 159 Å². The number of para-hydroxylation sites is 1. The zero-order valence-corrected chi connectivity index (χ0v) is 15.7. The number of amides is 2. The molecule has 1 atom stereocenters. The Kier molecular flexibility index (Phi) is 4.56. The first-order chi connectivity index (χ1) is 13.0. The van der Waals surface area contributed by atoms with E-state index in [2.05, 4.69) is 16.4 Å². The van der Waals surface area contributed by atoms with E-state index in [1.807, 2.05) is 41.8 Å². The second-order valence-electron chi connectivity index (χ2n) is 7.42. The van der Waals surface area contributed by atoms with Gasteiger partial charge in [0.15, 0.2) is 0 Å². The molecule has 4 rings (SSSR count). The number of carbonyl (C=O) groups excluding carboxylic acids is 2. The second kappa shape index (κ2) is 7.02. The summed E-state index contributed by atoms with van der Waals surface area (Å²) < 4.78 is 0. The number of pyridine rings is 1. The third-order valence-electron chi connectivity index (χ3n) is 5.29. The number of anilines is 2. The van der Waals surface area contributed by atoms with Crippen molar-refractivity contribution in [3.05, 3.63) is 53.7 Å². The summed E-state index contributed by atoms with van der Waals surface area (Å²) in [5, 5.41) is 3.33. The van der Waals surface area contributed by atoms with Gasteiger partial charge in [-0.3, -0.25) is 9.59 Å². The lowest BCUT2D eigenvalue weighted by Crippen LogP contribution is -2.34. The van der Waals surface area contributed by atoms with Crippen LogP contribution >= 0.6 is 0 Å². The van der Waals surface area contributed by atoms with Gasteiger partial charge in [0.1, 0.15) is 5.82 Å². The van der Waals surface area contributed by atoms with Crippen molar-refractivity contribution in [2.75, 3.05) is 23.3 Å². The molecule has 2 amide bonds. The van der Waals surface area contributed by atoms with Crippen molar-refractivity contribution in [3.63, 3.8) is 0 Å². The van der Waals surface area contributed by atoms with Gasteiger partial charge >= 0.3 is 0 Å². The maximum Gasteiger partial charge on any atom is 0.262 e. The summed E-state index contributed by atoms with van der Waals surface area (Å²) in [6, 6.07) is 11.7. The average molecular weight is 364 g/mol. The van der Waals surface area contributed by atoms with Crippen LogP contribution in [-0.4, -0.2) is 46.9 Å². The molecule has 2 aromatic rings. The lowest BCUT2D eigenvalue weighted by molar-refractivity contribution is -0.129. The van der Waals surface area contributed by atoms with E-state index in [0.29, 0.717) is 30.9 Å². The Morgan fingerprint density at radius 2 is 2.04 bits per heavy atom. The summed E-state index contributed by atoms with van der Waals surface area (Å²) >= 11 is 0. The molecule has 2 aliphatic rings. The van der Waals surface area contributed by atoms with Gasteiger partial charge in [-0.05, 0) is 44.0 Å². The number of nitrogens with zero attached hydrogens (tertiary/aromatic N) is 3. The predicted molar refractivity (Wildman–Crippen MR) is 105 cm³/mol. The molecule has 0 aliphatic carbocycles. The normalized spacial score (nSPS) is 18.9. The highest BCUT2D eigenvalue weighted by atomic mass is 16.2. The molecular formula is C21H24N4O2.